The Morgan fingerprint density at radius 1 is 1.03 bits per heavy atom. The average Bonchev–Trinajstić information content (AvgIpc) is 3.06. The molecule has 2 unspecified atom stereocenters. The van der Waals surface area contributed by atoms with Gasteiger partial charge in [0.05, 0.1) is 17.4 Å². The van der Waals surface area contributed by atoms with Crippen LogP contribution in [0.2, 0.25) is 0 Å². The molecule has 1 N–H and O–H groups in total. The predicted octanol–water partition coefficient (Wildman–Crippen LogP) is 1.74. The molecule has 34 heavy (non-hydrogen) atoms. The Kier molecular flexibility index (Phi) is 6.93. The number of amides is 3. The van der Waals surface area contributed by atoms with E-state index in [0.29, 0.717) is 26.1 Å². The van der Waals surface area contributed by atoms with Crippen LogP contribution in [-0.2, 0) is 19.1 Å². The normalized spacial score (nSPS) is 35.9. The van der Waals surface area contributed by atoms with Crippen molar-refractivity contribution < 1.29 is 24.2 Å². The molecule has 188 valence electrons. The lowest BCUT2D eigenvalue weighted by Gasteiger charge is -2.38. The Balaban J connectivity index is 1.82. The molecule has 4 heterocycles. The zero-order valence-electron chi connectivity index (χ0n) is 20.9. The molecule has 4 aliphatic rings. The standard InChI is InChI=1S/C26H39N3O5/c1-5-10-18(3)28-15-8-12-26-20(23(32)29(16-9-17-30)21(26)24(28)33)19-22(31)27(13-6-2)14-7-11-25(19,4)34-26/h7-8,11-12,18-21,30H,5-6,9-10,13-17H2,1-4H3/t18?,19-,20+,21?,25+,26+/m1/s1. The first-order valence-corrected chi connectivity index (χ1v) is 12.8. The van der Waals surface area contributed by atoms with Crippen LogP contribution in [0.1, 0.15) is 53.4 Å². The van der Waals surface area contributed by atoms with Crippen molar-refractivity contribution in [1.82, 2.24) is 14.7 Å². The number of likely N-dealkylation sites (tertiary alicyclic amines) is 1. The van der Waals surface area contributed by atoms with E-state index < -0.39 is 29.1 Å². The second-order valence-corrected chi connectivity index (χ2v) is 10.3. The van der Waals surface area contributed by atoms with Gasteiger partial charge in [0.15, 0.2) is 0 Å². The lowest BCUT2D eigenvalue weighted by molar-refractivity contribution is -0.153. The molecule has 0 aromatic rings. The number of fused-ring (bicyclic) bond motifs is 2. The second-order valence-electron chi connectivity index (χ2n) is 10.3. The van der Waals surface area contributed by atoms with Crippen LogP contribution in [0.4, 0.5) is 0 Å². The van der Waals surface area contributed by atoms with Gasteiger partial charge in [0.25, 0.3) is 0 Å². The quantitative estimate of drug-likeness (QED) is 0.543. The fraction of sp³-hybridized carbons (Fsp3) is 0.731. The fourth-order valence-corrected chi connectivity index (χ4v) is 6.51. The van der Waals surface area contributed by atoms with E-state index >= 15 is 0 Å². The van der Waals surface area contributed by atoms with Crippen LogP contribution in [0.5, 0.6) is 0 Å². The molecule has 0 aromatic heterocycles. The Bertz CT molecular complexity index is 888. The van der Waals surface area contributed by atoms with Crippen molar-refractivity contribution in [2.24, 2.45) is 11.8 Å². The smallest absolute Gasteiger partial charge is 0.249 e. The molecular weight excluding hydrogens is 434 g/mol. The van der Waals surface area contributed by atoms with Gasteiger partial charge >= 0.3 is 0 Å². The van der Waals surface area contributed by atoms with E-state index in [1.54, 1.807) is 9.80 Å². The molecule has 0 aliphatic carbocycles. The predicted molar refractivity (Wildman–Crippen MR) is 128 cm³/mol. The molecule has 3 amide bonds. The minimum atomic E-state index is -1.21. The number of hydrogen-bond donors (Lipinski definition) is 1. The zero-order chi connectivity index (χ0) is 24.7. The molecular formula is C26H39N3O5. The molecule has 0 aromatic carbocycles. The van der Waals surface area contributed by atoms with Crippen molar-refractivity contribution in [2.45, 2.75) is 76.7 Å². The number of rotatable bonds is 8. The molecule has 8 nitrogen and oxygen atoms in total. The van der Waals surface area contributed by atoms with E-state index in [4.69, 9.17) is 4.74 Å². The molecule has 4 rings (SSSR count). The van der Waals surface area contributed by atoms with E-state index in [1.165, 1.54) is 0 Å². The molecule has 1 spiro atoms. The molecule has 0 saturated carbocycles. The van der Waals surface area contributed by atoms with Crippen molar-refractivity contribution in [2.75, 3.05) is 32.8 Å². The number of ether oxygens (including phenoxy) is 1. The number of nitrogens with zero attached hydrogens (tertiary/aromatic N) is 3. The third-order valence-corrected chi connectivity index (χ3v) is 7.96. The van der Waals surface area contributed by atoms with Gasteiger partial charge in [-0.05, 0) is 33.1 Å². The summed E-state index contributed by atoms with van der Waals surface area (Å²) in [4.78, 5) is 47.1. The van der Waals surface area contributed by atoms with Gasteiger partial charge in [0, 0.05) is 38.8 Å². The van der Waals surface area contributed by atoms with E-state index in [9.17, 15) is 19.5 Å². The summed E-state index contributed by atoms with van der Waals surface area (Å²) in [6.45, 7) is 9.75. The molecule has 2 saturated heterocycles. The number of aliphatic hydroxyl groups is 1. The first-order chi connectivity index (χ1) is 16.3. The maximum Gasteiger partial charge on any atom is 0.249 e. The summed E-state index contributed by atoms with van der Waals surface area (Å²) in [5, 5.41) is 9.49. The number of aliphatic hydroxyl groups excluding tert-OH is 1. The lowest BCUT2D eigenvalue weighted by atomic mass is 9.74. The second kappa shape index (κ2) is 9.46. The number of carbonyl (C=O) groups is 3. The van der Waals surface area contributed by atoms with Gasteiger partial charge < -0.3 is 24.5 Å². The van der Waals surface area contributed by atoms with Crippen LogP contribution in [0.15, 0.2) is 24.3 Å². The largest absolute Gasteiger partial charge is 0.396 e. The van der Waals surface area contributed by atoms with E-state index in [0.717, 1.165) is 19.3 Å². The van der Waals surface area contributed by atoms with Gasteiger partial charge in [0.2, 0.25) is 17.7 Å². The highest BCUT2D eigenvalue weighted by Crippen LogP contribution is 2.57. The minimum absolute atomic E-state index is 0.0233. The number of carbonyl (C=O) groups excluding carboxylic acids is 3. The summed E-state index contributed by atoms with van der Waals surface area (Å²) in [6, 6.07) is -0.825. The lowest BCUT2D eigenvalue weighted by Crippen LogP contribution is -2.57. The first kappa shape index (κ1) is 24.9. The monoisotopic (exact) mass is 473 g/mol. The Labute approximate surface area is 202 Å². The summed E-state index contributed by atoms with van der Waals surface area (Å²) in [5.41, 5.74) is -2.19. The van der Waals surface area contributed by atoms with Crippen LogP contribution in [-0.4, -0.2) is 93.6 Å². The van der Waals surface area contributed by atoms with Gasteiger partial charge in [-0.1, -0.05) is 44.6 Å². The molecule has 0 bridgehead atoms. The zero-order valence-corrected chi connectivity index (χ0v) is 20.9. The van der Waals surface area contributed by atoms with Gasteiger partial charge in [0.1, 0.15) is 11.6 Å². The SMILES string of the molecule is CCCC(C)N1CC=C[C@]23O[C@@]4(C)C=CCN(CCC)C(=O)[C@H]4[C@H]2C(=O)N(CCCO)C3C1=O. The van der Waals surface area contributed by atoms with E-state index in [-0.39, 0.29) is 36.9 Å². The third-order valence-electron chi connectivity index (χ3n) is 7.96. The summed E-state index contributed by atoms with van der Waals surface area (Å²) < 4.78 is 6.77. The topological polar surface area (TPSA) is 90.4 Å². The highest BCUT2D eigenvalue weighted by Gasteiger charge is 2.74. The Morgan fingerprint density at radius 2 is 1.76 bits per heavy atom. The van der Waals surface area contributed by atoms with Crippen molar-refractivity contribution in [1.29, 1.82) is 0 Å². The molecule has 2 fully saturated rings. The summed E-state index contributed by atoms with van der Waals surface area (Å²) in [5.74, 6) is -1.94. The highest BCUT2D eigenvalue weighted by atomic mass is 16.5. The maximum atomic E-state index is 14.1. The minimum Gasteiger partial charge on any atom is -0.396 e. The van der Waals surface area contributed by atoms with Gasteiger partial charge in [-0.15, -0.1) is 0 Å². The van der Waals surface area contributed by atoms with Crippen LogP contribution in [0, 0.1) is 11.8 Å². The summed E-state index contributed by atoms with van der Waals surface area (Å²) in [7, 11) is 0. The summed E-state index contributed by atoms with van der Waals surface area (Å²) >= 11 is 0. The highest BCUT2D eigenvalue weighted by molar-refractivity contribution is 6.00. The third kappa shape index (κ3) is 3.70. The molecule has 8 heteroatoms. The van der Waals surface area contributed by atoms with Gasteiger partial charge in [-0.2, -0.15) is 0 Å². The van der Waals surface area contributed by atoms with E-state index in [2.05, 4.69) is 6.92 Å². The van der Waals surface area contributed by atoms with Crippen LogP contribution in [0.25, 0.3) is 0 Å². The molecule has 0 radical (unpaired) electrons. The van der Waals surface area contributed by atoms with Crippen molar-refractivity contribution >= 4 is 17.7 Å². The van der Waals surface area contributed by atoms with E-state index in [1.807, 2.05) is 50.0 Å². The first-order valence-electron chi connectivity index (χ1n) is 12.8. The molecule has 4 aliphatic heterocycles. The van der Waals surface area contributed by atoms with Gasteiger partial charge in [-0.3, -0.25) is 14.4 Å². The fourth-order valence-electron chi connectivity index (χ4n) is 6.51. The van der Waals surface area contributed by atoms with Crippen LogP contribution in [0.3, 0.4) is 0 Å². The van der Waals surface area contributed by atoms with Crippen LogP contribution >= 0.6 is 0 Å². The number of hydrogen-bond acceptors (Lipinski definition) is 5. The Morgan fingerprint density at radius 3 is 2.44 bits per heavy atom. The Hall–Kier alpha value is -2.19. The van der Waals surface area contributed by atoms with Crippen molar-refractivity contribution in [3.63, 3.8) is 0 Å². The maximum absolute atomic E-state index is 14.1. The van der Waals surface area contributed by atoms with Gasteiger partial charge in [-0.25, -0.2) is 0 Å². The summed E-state index contributed by atoms with van der Waals surface area (Å²) in [6.07, 6.45) is 10.7. The molecule has 6 atom stereocenters. The van der Waals surface area contributed by atoms with Crippen molar-refractivity contribution in [3.8, 4) is 0 Å². The average molecular weight is 474 g/mol. The van der Waals surface area contributed by atoms with Crippen LogP contribution < -0.4 is 0 Å². The van der Waals surface area contributed by atoms with Crippen molar-refractivity contribution in [3.05, 3.63) is 24.3 Å².